The van der Waals surface area contributed by atoms with Crippen LogP contribution in [0.3, 0.4) is 0 Å². The van der Waals surface area contributed by atoms with E-state index in [1.807, 2.05) is 6.07 Å². The first-order chi connectivity index (χ1) is 9.33. The van der Waals surface area contributed by atoms with Gasteiger partial charge in [-0.25, -0.2) is 0 Å². The van der Waals surface area contributed by atoms with Gasteiger partial charge in [-0.3, -0.25) is 14.3 Å². The zero-order valence-corrected chi connectivity index (χ0v) is 12.6. The minimum atomic E-state index is 0. The Morgan fingerprint density at radius 1 is 0.905 bits per heavy atom. The monoisotopic (exact) mass is 328 g/mol. The van der Waals surface area contributed by atoms with Crippen molar-refractivity contribution in [3.63, 3.8) is 0 Å². The zero-order valence-electron chi connectivity index (χ0n) is 11.1. The Bertz CT molecular complexity index is 577. The molecular weight excluding hydrogens is 315 g/mol. The largest absolute Gasteiger partial charge is 1.00 e. The van der Waals surface area contributed by atoms with Crippen molar-refractivity contribution < 1.29 is 48.3 Å². The van der Waals surface area contributed by atoms with Gasteiger partial charge in [0.1, 0.15) is 0 Å². The molecule has 2 heterocycles. The van der Waals surface area contributed by atoms with Crippen LogP contribution in [0.25, 0.3) is 0 Å². The average Bonchev–Trinajstić information content (AvgIpc) is 2.48. The molecule has 7 heteroatoms. The molecule has 0 spiro atoms. The van der Waals surface area contributed by atoms with Gasteiger partial charge >= 0.3 is 0 Å². The van der Waals surface area contributed by atoms with Crippen molar-refractivity contribution in [2.45, 2.75) is 13.5 Å². The van der Waals surface area contributed by atoms with Crippen LogP contribution in [0.1, 0.15) is 20.8 Å². The van der Waals surface area contributed by atoms with E-state index < -0.39 is 0 Å². The molecule has 0 fully saturated rings. The van der Waals surface area contributed by atoms with E-state index in [0.717, 1.165) is 12.6 Å². The summed E-state index contributed by atoms with van der Waals surface area (Å²) >= 11 is 0. The Labute approximate surface area is 135 Å². The fraction of sp³-hybridized carbons (Fsp3) is 0.143. The molecule has 2 rings (SSSR count). The molecule has 2 aromatic rings. The fourth-order valence-corrected chi connectivity index (χ4v) is 1.59. The number of ether oxygens (including phenoxy) is 1. The van der Waals surface area contributed by atoms with Crippen LogP contribution in [0.5, 0.6) is 0 Å². The Hall–Kier alpha value is -1.82. The lowest BCUT2D eigenvalue weighted by Gasteiger charge is -1.99. The van der Waals surface area contributed by atoms with E-state index >= 15 is 0 Å². The topological polar surface area (TPSA) is 51.1 Å². The van der Waals surface area contributed by atoms with E-state index in [1.54, 1.807) is 52.0 Å². The molecular formula is C14H14Cl2N2O3. The second-order valence-electron chi connectivity index (χ2n) is 3.94. The first kappa shape index (κ1) is 19.2. The van der Waals surface area contributed by atoms with Gasteiger partial charge in [0.2, 0.25) is 12.0 Å². The van der Waals surface area contributed by atoms with Crippen LogP contribution in [0, 0.1) is 0 Å². The number of carbonyl (C=O) groups is 2. The number of hydrogen-bond acceptors (Lipinski definition) is 3. The third-order valence-corrected chi connectivity index (χ3v) is 2.62. The molecule has 0 N–H and O–H groups in total. The number of aldehydes is 2. The highest BCUT2D eigenvalue weighted by atomic mass is 35.5. The molecule has 0 bridgehead atoms. The second-order valence-corrected chi connectivity index (χ2v) is 3.94. The number of halogens is 2. The zero-order chi connectivity index (χ0) is 13.5. The first-order valence-electron chi connectivity index (χ1n) is 5.79. The quantitative estimate of drug-likeness (QED) is 0.393. The Balaban J connectivity index is 0.00000200. The summed E-state index contributed by atoms with van der Waals surface area (Å²) in [5, 5.41) is 0. The Morgan fingerprint density at radius 3 is 2.24 bits per heavy atom. The molecule has 21 heavy (non-hydrogen) atoms. The lowest BCUT2D eigenvalue weighted by molar-refractivity contribution is -0.789. The molecule has 0 atom stereocenters. The van der Waals surface area contributed by atoms with Crippen LogP contribution in [0.2, 0.25) is 0 Å². The van der Waals surface area contributed by atoms with Crippen molar-refractivity contribution >= 4 is 12.6 Å². The third kappa shape index (κ3) is 5.59. The van der Waals surface area contributed by atoms with Gasteiger partial charge in [0, 0.05) is 29.8 Å². The summed E-state index contributed by atoms with van der Waals surface area (Å²) in [5.41, 5.74) is 1.18. The van der Waals surface area contributed by atoms with Crippen LogP contribution >= 0.6 is 0 Å². The second kappa shape index (κ2) is 9.99. The summed E-state index contributed by atoms with van der Waals surface area (Å²) in [6.07, 6.45) is 6.89. The molecule has 0 aliphatic heterocycles. The molecule has 0 radical (unpaired) electrons. The van der Waals surface area contributed by atoms with Gasteiger partial charge in [0.05, 0.1) is 0 Å². The molecule has 2 aromatic heterocycles. The minimum absolute atomic E-state index is 0. The van der Waals surface area contributed by atoms with Gasteiger partial charge in [-0.05, 0) is 6.07 Å². The summed E-state index contributed by atoms with van der Waals surface area (Å²) in [6.45, 7) is 0.636. The average molecular weight is 329 g/mol. The Morgan fingerprint density at radius 2 is 1.62 bits per heavy atom. The van der Waals surface area contributed by atoms with Crippen molar-refractivity contribution in [1.82, 2.24) is 0 Å². The summed E-state index contributed by atoms with van der Waals surface area (Å²) in [7, 11) is 0. The summed E-state index contributed by atoms with van der Waals surface area (Å²) < 4.78 is 9.02. The number of hydrogen-bond donors (Lipinski definition) is 0. The van der Waals surface area contributed by atoms with Crippen LogP contribution in [-0.4, -0.2) is 12.6 Å². The molecule has 0 amide bonds. The standard InChI is InChI=1S/C14H14N2O3.2ClH/c17-9-13-4-7-15(8-5-13)11-19-12-16-6-2-1-3-14(16)10-18;;/h1-10H,11-12H2;2*1H/q+2;;/p-2. The van der Waals surface area contributed by atoms with E-state index in [1.165, 1.54) is 0 Å². The van der Waals surface area contributed by atoms with Crippen molar-refractivity contribution in [2.75, 3.05) is 0 Å². The molecule has 0 aromatic carbocycles. The predicted octanol–water partition coefficient (Wildman–Crippen LogP) is -5.47. The number of nitrogens with zero attached hydrogens (tertiary/aromatic N) is 2. The van der Waals surface area contributed by atoms with Crippen molar-refractivity contribution in [1.29, 1.82) is 0 Å². The van der Waals surface area contributed by atoms with E-state index in [9.17, 15) is 9.59 Å². The fourth-order valence-electron chi connectivity index (χ4n) is 1.59. The molecule has 0 saturated carbocycles. The van der Waals surface area contributed by atoms with Crippen LogP contribution in [0.15, 0.2) is 48.9 Å². The molecule has 0 aliphatic carbocycles. The lowest BCUT2D eigenvalue weighted by Crippen LogP contribution is -3.00. The smallest absolute Gasteiger partial charge is 0.258 e. The maximum atomic E-state index is 10.8. The minimum Gasteiger partial charge on any atom is -1.00 e. The van der Waals surface area contributed by atoms with Crippen molar-refractivity contribution in [3.8, 4) is 0 Å². The van der Waals surface area contributed by atoms with Gasteiger partial charge in [-0.2, -0.15) is 9.13 Å². The van der Waals surface area contributed by atoms with Crippen LogP contribution in [0.4, 0.5) is 0 Å². The molecule has 0 saturated heterocycles. The van der Waals surface area contributed by atoms with Crippen molar-refractivity contribution in [3.05, 3.63) is 60.2 Å². The molecule has 112 valence electrons. The number of aromatic nitrogens is 2. The highest BCUT2D eigenvalue weighted by Crippen LogP contribution is 1.90. The SMILES string of the molecule is O=Cc1cc[n+](COC[n+]2ccccc2C=O)cc1.[Cl-].[Cl-]. The molecule has 0 unspecified atom stereocenters. The van der Waals surface area contributed by atoms with Gasteiger partial charge < -0.3 is 24.8 Å². The van der Waals surface area contributed by atoms with Gasteiger partial charge in [0.15, 0.2) is 24.9 Å². The summed E-state index contributed by atoms with van der Waals surface area (Å²) in [5.74, 6) is 0. The lowest BCUT2D eigenvalue weighted by atomic mass is 10.3. The van der Waals surface area contributed by atoms with Crippen molar-refractivity contribution in [2.24, 2.45) is 0 Å². The summed E-state index contributed by atoms with van der Waals surface area (Å²) in [4.78, 5) is 21.3. The third-order valence-electron chi connectivity index (χ3n) is 2.62. The van der Waals surface area contributed by atoms with E-state index in [2.05, 4.69) is 0 Å². The molecule has 5 nitrogen and oxygen atoms in total. The highest BCUT2D eigenvalue weighted by molar-refractivity contribution is 5.73. The number of rotatable bonds is 6. The van der Waals surface area contributed by atoms with E-state index in [-0.39, 0.29) is 31.5 Å². The van der Waals surface area contributed by atoms with E-state index in [4.69, 9.17) is 4.74 Å². The number of carbonyl (C=O) groups excluding carboxylic acids is 2. The molecule has 0 aliphatic rings. The first-order valence-corrected chi connectivity index (χ1v) is 5.79. The predicted molar refractivity (Wildman–Crippen MR) is 65.1 cm³/mol. The van der Waals surface area contributed by atoms with Crippen LogP contribution in [-0.2, 0) is 18.2 Å². The normalized spacial score (nSPS) is 9.14. The maximum Gasteiger partial charge on any atom is 0.258 e. The Kier molecular flexibility index (Phi) is 9.12. The van der Waals surface area contributed by atoms with E-state index in [0.29, 0.717) is 18.0 Å². The highest BCUT2D eigenvalue weighted by Gasteiger charge is 2.09. The maximum absolute atomic E-state index is 10.8. The van der Waals surface area contributed by atoms with Crippen LogP contribution < -0.4 is 33.9 Å². The number of pyridine rings is 2. The van der Waals surface area contributed by atoms with Gasteiger partial charge in [-0.1, -0.05) is 0 Å². The van der Waals surface area contributed by atoms with Gasteiger partial charge in [0.25, 0.3) is 13.5 Å². The van der Waals surface area contributed by atoms with Gasteiger partial charge in [-0.15, -0.1) is 0 Å². The summed E-state index contributed by atoms with van der Waals surface area (Å²) in [6, 6.07) is 8.78.